The molecule has 0 spiro atoms. The van der Waals surface area contributed by atoms with Crippen LogP contribution in [0.5, 0.6) is 0 Å². The minimum absolute atomic E-state index is 0.220. The summed E-state index contributed by atoms with van der Waals surface area (Å²) in [6.07, 6.45) is 6.70. The van der Waals surface area contributed by atoms with Gasteiger partial charge in [0.1, 0.15) is 5.82 Å². The first-order valence-electron chi connectivity index (χ1n) is 7.98. The van der Waals surface area contributed by atoms with Gasteiger partial charge < -0.3 is 10.1 Å². The van der Waals surface area contributed by atoms with Crippen LogP contribution in [0.25, 0.3) is 0 Å². The molecule has 1 aromatic carbocycles. The summed E-state index contributed by atoms with van der Waals surface area (Å²) in [4.78, 5) is 0. The standard InChI is InChI=1S/C17H25ClFNO/c1-2-9-20-15(6-7-16-4-3-10-21-16)12-13-11-14(19)5-8-17(13)18/h5,8,11,15-16,20H,2-4,6-7,9-10,12H2,1H3. The molecule has 0 aliphatic carbocycles. The van der Waals surface area contributed by atoms with E-state index in [0.29, 0.717) is 17.2 Å². The van der Waals surface area contributed by atoms with E-state index in [1.54, 1.807) is 12.1 Å². The fourth-order valence-electron chi connectivity index (χ4n) is 2.85. The summed E-state index contributed by atoms with van der Waals surface area (Å²) < 4.78 is 19.1. The number of benzene rings is 1. The van der Waals surface area contributed by atoms with Crippen LogP contribution in [0.15, 0.2) is 18.2 Å². The van der Waals surface area contributed by atoms with Gasteiger partial charge >= 0.3 is 0 Å². The SMILES string of the molecule is CCCNC(CCC1CCCO1)Cc1cc(F)ccc1Cl. The lowest BCUT2D eigenvalue weighted by atomic mass is 9.99. The normalized spacial score (nSPS) is 19.9. The van der Waals surface area contributed by atoms with E-state index in [9.17, 15) is 4.39 Å². The molecule has 0 aromatic heterocycles. The molecule has 1 aromatic rings. The van der Waals surface area contributed by atoms with Gasteiger partial charge in [-0.1, -0.05) is 18.5 Å². The van der Waals surface area contributed by atoms with Gasteiger partial charge in [-0.2, -0.15) is 0 Å². The molecule has 1 N–H and O–H groups in total. The minimum atomic E-state index is -0.220. The zero-order valence-corrected chi connectivity index (χ0v) is 13.5. The summed E-state index contributed by atoms with van der Waals surface area (Å²) in [6.45, 7) is 4.02. The molecular formula is C17H25ClFNO. The first kappa shape index (κ1) is 16.7. The lowest BCUT2D eigenvalue weighted by Crippen LogP contribution is -2.32. The highest BCUT2D eigenvalue weighted by atomic mass is 35.5. The molecular weight excluding hydrogens is 289 g/mol. The van der Waals surface area contributed by atoms with Crippen molar-refractivity contribution < 1.29 is 9.13 Å². The Morgan fingerprint density at radius 3 is 3.05 bits per heavy atom. The van der Waals surface area contributed by atoms with E-state index < -0.39 is 0 Å². The molecule has 118 valence electrons. The largest absolute Gasteiger partial charge is 0.378 e. The number of halogens is 2. The van der Waals surface area contributed by atoms with Crippen LogP contribution < -0.4 is 5.32 Å². The lowest BCUT2D eigenvalue weighted by Gasteiger charge is -2.21. The molecule has 2 unspecified atom stereocenters. The van der Waals surface area contributed by atoms with Gasteiger partial charge in [0.2, 0.25) is 0 Å². The molecule has 1 aliphatic heterocycles. The number of rotatable bonds is 8. The Bertz CT molecular complexity index is 435. The van der Waals surface area contributed by atoms with Gasteiger partial charge in [0.05, 0.1) is 6.10 Å². The summed E-state index contributed by atoms with van der Waals surface area (Å²) in [5, 5.41) is 4.20. The van der Waals surface area contributed by atoms with Crippen LogP contribution in [0.3, 0.4) is 0 Å². The van der Waals surface area contributed by atoms with E-state index in [1.165, 1.54) is 18.9 Å². The van der Waals surface area contributed by atoms with E-state index in [1.807, 2.05) is 0 Å². The van der Waals surface area contributed by atoms with E-state index in [2.05, 4.69) is 12.2 Å². The zero-order chi connectivity index (χ0) is 15.1. The fourth-order valence-corrected chi connectivity index (χ4v) is 3.04. The van der Waals surface area contributed by atoms with Crippen LogP contribution in [0.1, 0.15) is 44.6 Å². The third kappa shape index (κ3) is 5.57. The van der Waals surface area contributed by atoms with Crippen molar-refractivity contribution in [2.45, 2.75) is 57.6 Å². The Labute approximate surface area is 132 Å². The predicted octanol–water partition coefficient (Wildman–Crippen LogP) is 4.35. The topological polar surface area (TPSA) is 21.3 Å². The number of hydrogen-bond acceptors (Lipinski definition) is 2. The molecule has 2 nitrogen and oxygen atoms in total. The number of hydrogen-bond donors (Lipinski definition) is 1. The first-order chi connectivity index (χ1) is 10.2. The second-order valence-electron chi connectivity index (χ2n) is 5.80. The van der Waals surface area contributed by atoms with E-state index in [-0.39, 0.29) is 5.82 Å². The van der Waals surface area contributed by atoms with Crippen molar-refractivity contribution in [3.63, 3.8) is 0 Å². The van der Waals surface area contributed by atoms with E-state index in [0.717, 1.165) is 44.4 Å². The molecule has 1 saturated heterocycles. The molecule has 4 heteroatoms. The Balaban J connectivity index is 1.92. The third-order valence-corrected chi connectivity index (χ3v) is 4.39. The van der Waals surface area contributed by atoms with E-state index in [4.69, 9.17) is 16.3 Å². The van der Waals surface area contributed by atoms with E-state index >= 15 is 0 Å². The van der Waals surface area contributed by atoms with Gasteiger partial charge in [-0.05, 0) is 68.8 Å². The molecule has 2 atom stereocenters. The zero-order valence-electron chi connectivity index (χ0n) is 12.7. The lowest BCUT2D eigenvalue weighted by molar-refractivity contribution is 0.0995. The predicted molar refractivity (Wildman–Crippen MR) is 85.4 cm³/mol. The van der Waals surface area contributed by atoms with Gasteiger partial charge in [-0.3, -0.25) is 0 Å². The molecule has 1 fully saturated rings. The summed E-state index contributed by atoms with van der Waals surface area (Å²) in [5.74, 6) is -0.220. The van der Waals surface area contributed by atoms with Crippen molar-refractivity contribution in [2.24, 2.45) is 0 Å². The van der Waals surface area contributed by atoms with Gasteiger partial charge in [-0.15, -0.1) is 0 Å². The van der Waals surface area contributed by atoms with Crippen molar-refractivity contribution in [1.29, 1.82) is 0 Å². The Kier molecular flexibility index (Phi) is 6.94. The Morgan fingerprint density at radius 2 is 2.33 bits per heavy atom. The first-order valence-corrected chi connectivity index (χ1v) is 8.35. The van der Waals surface area contributed by atoms with Crippen LogP contribution >= 0.6 is 11.6 Å². The van der Waals surface area contributed by atoms with Crippen LogP contribution in [0.4, 0.5) is 4.39 Å². The molecule has 2 rings (SSSR count). The second-order valence-corrected chi connectivity index (χ2v) is 6.21. The highest BCUT2D eigenvalue weighted by molar-refractivity contribution is 6.31. The second kappa shape index (κ2) is 8.72. The molecule has 0 radical (unpaired) electrons. The molecule has 0 amide bonds. The quantitative estimate of drug-likeness (QED) is 0.770. The average Bonchev–Trinajstić information content (AvgIpc) is 2.99. The molecule has 21 heavy (non-hydrogen) atoms. The van der Waals surface area contributed by atoms with Crippen LogP contribution in [-0.4, -0.2) is 25.3 Å². The highest BCUT2D eigenvalue weighted by Gasteiger charge is 2.18. The third-order valence-electron chi connectivity index (χ3n) is 4.02. The average molecular weight is 314 g/mol. The highest BCUT2D eigenvalue weighted by Crippen LogP contribution is 2.22. The van der Waals surface area contributed by atoms with Crippen LogP contribution in [-0.2, 0) is 11.2 Å². The molecule has 1 heterocycles. The Hall–Kier alpha value is -0.640. The van der Waals surface area contributed by atoms with Crippen LogP contribution in [0, 0.1) is 5.82 Å². The van der Waals surface area contributed by atoms with Gasteiger partial charge in [0.25, 0.3) is 0 Å². The molecule has 0 bridgehead atoms. The van der Waals surface area contributed by atoms with Gasteiger partial charge in [0, 0.05) is 17.7 Å². The summed E-state index contributed by atoms with van der Waals surface area (Å²) in [7, 11) is 0. The summed E-state index contributed by atoms with van der Waals surface area (Å²) >= 11 is 6.18. The summed E-state index contributed by atoms with van der Waals surface area (Å²) in [5.41, 5.74) is 0.887. The van der Waals surface area contributed by atoms with Crippen molar-refractivity contribution in [2.75, 3.05) is 13.2 Å². The van der Waals surface area contributed by atoms with Crippen LogP contribution in [0.2, 0.25) is 5.02 Å². The molecule has 0 saturated carbocycles. The number of nitrogens with one attached hydrogen (secondary N) is 1. The fraction of sp³-hybridized carbons (Fsp3) is 0.647. The van der Waals surface area contributed by atoms with Gasteiger partial charge in [-0.25, -0.2) is 4.39 Å². The molecule has 1 aliphatic rings. The summed E-state index contributed by atoms with van der Waals surface area (Å²) in [6, 6.07) is 4.93. The monoisotopic (exact) mass is 313 g/mol. The van der Waals surface area contributed by atoms with Gasteiger partial charge in [0.15, 0.2) is 0 Å². The smallest absolute Gasteiger partial charge is 0.123 e. The maximum atomic E-state index is 13.4. The van der Waals surface area contributed by atoms with Crippen molar-refractivity contribution >= 4 is 11.6 Å². The minimum Gasteiger partial charge on any atom is -0.378 e. The maximum absolute atomic E-state index is 13.4. The number of ether oxygens (including phenoxy) is 1. The Morgan fingerprint density at radius 1 is 1.48 bits per heavy atom. The van der Waals surface area contributed by atoms with Crippen molar-refractivity contribution in [3.05, 3.63) is 34.6 Å². The van der Waals surface area contributed by atoms with Crippen molar-refractivity contribution in [1.82, 2.24) is 5.32 Å². The van der Waals surface area contributed by atoms with Crippen molar-refractivity contribution in [3.8, 4) is 0 Å². The maximum Gasteiger partial charge on any atom is 0.123 e.